The van der Waals surface area contributed by atoms with Crippen LogP contribution in [0.4, 0.5) is 10.8 Å². The van der Waals surface area contributed by atoms with Crippen LogP contribution in [0.1, 0.15) is 5.56 Å². The molecule has 3 aromatic rings. The summed E-state index contributed by atoms with van der Waals surface area (Å²) in [6, 6.07) is 12.2. The second-order valence-electron chi connectivity index (χ2n) is 6.16. The number of carbonyl (C=O) groups excluding carboxylic acids is 2. The van der Waals surface area contributed by atoms with Crippen molar-refractivity contribution in [1.82, 2.24) is 10.2 Å². The molecule has 0 fully saturated rings. The molecule has 1 heterocycles. The molecule has 0 aliphatic rings. The minimum absolute atomic E-state index is 0.147. The van der Waals surface area contributed by atoms with Crippen LogP contribution in [0.3, 0.4) is 0 Å². The molecule has 1 aromatic heterocycles. The SMILES string of the molecule is COc1ccc(/C=C/C(=O)Nc2nnc(SCC(=O)Nc3cccc(Cl)c3)s2)cc1OC. The normalized spacial score (nSPS) is 10.7. The molecular weight excluding hydrogens is 472 g/mol. The van der Waals surface area contributed by atoms with E-state index in [0.29, 0.717) is 31.7 Å². The molecule has 0 atom stereocenters. The number of halogens is 1. The van der Waals surface area contributed by atoms with Crippen LogP contribution >= 0.6 is 34.7 Å². The van der Waals surface area contributed by atoms with Crippen molar-refractivity contribution in [2.75, 3.05) is 30.6 Å². The summed E-state index contributed by atoms with van der Waals surface area (Å²) in [5.74, 6) is 0.769. The van der Waals surface area contributed by atoms with Gasteiger partial charge in [-0.15, -0.1) is 10.2 Å². The third-order valence-corrected chi connectivity index (χ3v) is 6.11. The predicted octanol–water partition coefficient (Wildman–Crippen LogP) is 4.59. The number of aromatic nitrogens is 2. The largest absolute Gasteiger partial charge is 0.493 e. The molecule has 11 heteroatoms. The Labute approximate surface area is 198 Å². The molecule has 8 nitrogen and oxygen atoms in total. The van der Waals surface area contributed by atoms with Gasteiger partial charge in [-0.3, -0.25) is 14.9 Å². The highest BCUT2D eigenvalue weighted by molar-refractivity contribution is 8.01. The quantitative estimate of drug-likeness (QED) is 0.257. The van der Waals surface area contributed by atoms with Crippen LogP contribution in [0.5, 0.6) is 11.5 Å². The molecule has 2 amide bonds. The van der Waals surface area contributed by atoms with E-state index >= 15 is 0 Å². The van der Waals surface area contributed by atoms with Crippen molar-refractivity contribution in [2.24, 2.45) is 0 Å². The number of nitrogens with zero attached hydrogens (tertiary/aromatic N) is 2. The Morgan fingerprint density at radius 1 is 1.09 bits per heavy atom. The number of methoxy groups -OCH3 is 2. The maximum atomic E-state index is 12.2. The number of ether oxygens (including phenoxy) is 2. The first-order valence-corrected chi connectivity index (χ1v) is 11.4. The van der Waals surface area contributed by atoms with Crippen molar-refractivity contribution in [3.05, 3.63) is 59.1 Å². The Morgan fingerprint density at radius 3 is 2.66 bits per heavy atom. The number of hydrogen-bond acceptors (Lipinski definition) is 8. The molecule has 32 heavy (non-hydrogen) atoms. The van der Waals surface area contributed by atoms with Gasteiger partial charge in [-0.1, -0.05) is 46.8 Å². The first-order chi connectivity index (χ1) is 15.5. The van der Waals surface area contributed by atoms with Gasteiger partial charge in [0.25, 0.3) is 0 Å². The van der Waals surface area contributed by atoms with Crippen LogP contribution in [-0.2, 0) is 9.59 Å². The lowest BCUT2D eigenvalue weighted by Crippen LogP contribution is -2.13. The zero-order valence-corrected chi connectivity index (χ0v) is 19.5. The Kier molecular flexibility index (Phi) is 8.48. The summed E-state index contributed by atoms with van der Waals surface area (Å²) >= 11 is 8.31. The zero-order valence-electron chi connectivity index (χ0n) is 17.1. The molecule has 0 saturated heterocycles. The lowest BCUT2D eigenvalue weighted by atomic mass is 10.2. The second kappa shape index (κ2) is 11.5. The molecule has 2 aromatic carbocycles. The molecule has 0 saturated carbocycles. The monoisotopic (exact) mass is 490 g/mol. The average Bonchev–Trinajstić information content (AvgIpc) is 3.23. The van der Waals surface area contributed by atoms with E-state index in [4.69, 9.17) is 21.1 Å². The highest BCUT2D eigenvalue weighted by Crippen LogP contribution is 2.28. The Bertz CT molecular complexity index is 1140. The molecular formula is C21H19ClN4O4S2. The van der Waals surface area contributed by atoms with E-state index in [2.05, 4.69) is 20.8 Å². The van der Waals surface area contributed by atoms with Crippen molar-refractivity contribution in [2.45, 2.75) is 4.34 Å². The standard InChI is InChI=1S/C21H19ClN4O4S2/c1-29-16-8-6-13(10-17(16)30-2)7-9-18(27)24-20-25-26-21(32-20)31-12-19(28)23-15-5-3-4-14(22)11-15/h3-11H,12H2,1-2H3,(H,23,28)(H,24,25,27)/b9-7+. The van der Waals surface area contributed by atoms with Gasteiger partial charge in [0.05, 0.1) is 20.0 Å². The molecule has 0 bridgehead atoms. The Hall–Kier alpha value is -3.08. The maximum Gasteiger partial charge on any atom is 0.250 e. The van der Waals surface area contributed by atoms with Gasteiger partial charge in [0.2, 0.25) is 16.9 Å². The van der Waals surface area contributed by atoms with Crippen LogP contribution in [0.25, 0.3) is 6.08 Å². The van der Waals surface area contributed by atoms with Crippen LogP contribution in [0.15, 0.2) is 52.9 Å². The second-order valence-corrected chi connectivity index (χ2v) is 8.79. The summed E-state index contributed by atoms with van der Waals surface area (Å²) in [7, 11) is 3.10. The average molecular weight is 491 g/mol. The van der Waals surface area contributed by atoms with Crippen LogP contribution < -0.4 is 20.1 Å². The molecule has 0 spiro atoms. The first-order valence-electron chi connectivity index (χ1n) is 9.19. The number of thioether (sulfide) groups is 1. The summed E-state index contributed by atoms with van der Waals surface area (Å²) in [5.41, 5.74) is 1.40. The number of hydrogen-bond donors (Lipinski definition) is 2. The van der Waals surface area contributed by atoms with Crippen molar-refractivity contribution in [1.29, 1.82) is 0 Å². The van der Waals surface area contributed by atoms with E-state index in [1.807, 2.05) is 0 Å². The Balaban J connectivity index is 1.49. The smallest absolute Gasteiger partial charge is 0.250 e. The van der Waals surface area contributed by atoms with Gasteiger partial charge in [-0.05, 0) is 42.0 Å². The predicted molar refractivity (Wildman–Crippen MR) is 128 cm³/mol. The van der Waals surface area contributed by atoms with Gasteiger partial charge >= 0.3 is 0 Å². The number of nitrogens with one attached hydrogen (secondary N) is 2. The third kappa shape index (κ3) is 6.98. The van der Waals surface area contributed by atoms with Gasteiger partial charge in [-0.2, -0.15) is 0 Å². The summed E-state index contributed by atoms with van der Waals surface area (Å²) < 4.78 is 11.0. The lowest BCUT2D eigenvalue weighted by molar-refractivity contribution is -0.114. The van der Waals surface area contributed by atoms with Crippen molar-refractivity contribution in [3.8, 4) is 11.5 Å². The van der Waals surface area contributed by atoms with Crippen molar-refractivity contribution in [3.63, 3.8) is 0 Å². The lowest BCUT2D eigenvalue weighted by Gasteiger charge is -2.07. The van der Waals surface area contributed by atoms with Gasteiger partial charge in [-0.25, -0.2) is 0 Å². The molecule has 166 valence electrons. The van der Waals surface area contributed by atoms with E-state index < -0.39 is 0 Å². The van der Waals surface area contributed by atoms with Gasteiger partial charge < -0.3 is 14.8 Å². The van der Waals surface area contributed by atoms with Crippen molar-refractivity contribution >= 4 is 63.4 Å². The summed E-state index contributed by atoms with van der Waals surface area (Å²) in [5, 5.41) is 14.2. The number of amides is 2. The fourth-order valence-electron chi connectivity index (χ4n) is 2.48. The van der Waals surface area contributed by atoms with Crippen LogP contribution in [0.2, 0.25) is 5.02 Å². The molecule has 0 unspecified atom stereocenters. The minimum Gasteiger partial charge on any atom is -0.493 e. The van der Waals surface area contributed by atoms with Crippen LogP contribution in [-0.4, -0.2) is 42.0 Å². The topological polar surface area (TPSA) is 102 Å². The third-order valence-electron chi connectivity index (χ3n) is 3.91. The molecule has 0 radical (unpaired) electrons. The molecule has 3 rings (SSSR count). The molecule has 0 aliphatic carbocycles. The highest BCUT2D eigenvalue weighted by Gasteiger charge is 2.10. The fraction of sp³-hybridized carbons (Fsp3) is 0.143. The number of rotatable bonds is 9. The van der Waals surface area contributed by atoms with E-state index in [1.54, 1.807) is 62.8 Å². The van der Waals surface area contributed by atoms with E-state index in [9.17, 15) is 9.59 Å². The van der Waals surface area contributed by atoms with E-state index in [1.165, 1.54) is 29.2 Å². The highest BCUT2D eigenvalue weighted by atomic mass is 35.5. The number of carbonyl (C=O) groups is 2. The van der Waals surface area contributed by atoms with E-state index in [0.717, 1.165) is 5.56 Å². The first kappa shape index (κ1) is 23.6. The number of anilines is 2. The summed E-state index contributed by atoms with van der Waals surface area (Å²) in [6.07, 6.45) is 3.03. The van der Waals surface area contributed by atoms with Gasteiger partial charge in [0.15, 0.2) is 15.8 Å². The van der Waals surface area contributed by atoms with Crippen LogP contribution in [0, 0.1) is 0 Å². The van der Waals surface area contributed by atoms with Crippen molar-refractivity contribution < 1.29 is 19.1 Å². The zero-order chi connectivity index (χ0) is 22.9. The number of benzene rings is 2. The fourth-order valence-corrected chi connectivity index (χ4v) is 4.23. The minimum atomic E-state index is -0.355. The summed E-state index contributed by atoms with van der Waals surface area (Å²) in [6.45, 7) is 0. The maximum absolute atomic E-state index is 12.2. The van der Waals surface area contributed by atoms with Gasteiger partial charge in [0.1, 0.15) is 0 Å². The molecule has 0 aliphatic heterocycles. The van der Waals surface area contributed by atoms with E-state index in [-0.39, 0.29) is 17.6 Å². The Morgan fingerprint density at radius 2 is 1.91 bits per heavy atom. The summed E-state index contributed by atoms with van der Waals surface area (Å²) in [4.78, 5) is 24.2. The van der Waals surface area contributed by atoms with Gasteiger partial charge in [0, 0.05) is 16.8 Å². The molecule has 2 N–H and O–H groups in total.